The largest absolute Gasteiger partial charge is 0.436 e. The summed E-state index contributed by atoms with van der Waals surface area (Å²) in [6.07, 6.45) is 0. The van der Waals surface area contributed by atoms with Crippen molar-refractivity contribution in [3.63, 3.8) is 0 Å². The van der Waals surface area contributed by atoms with Gasteiger partial charge in [0, 0.05) is 15.7 Å². The molecular formula is C20H15BrN2O3S. The van der Waals surface area contributed by atoms with Crippen molar-refractivity contribution in [3.05, 3.63) is 76.8 Å². The van der Waals surface area contributed by atoms with Crippen molar-refractivity contribution in [2.45, 2.75) is 11.8 Å². The van der Waals surface area contributed by atoms with Crippen LogP contribution >= 0.6 is 15.9 Å². The van der Waals surface area contributed by atoms with Crippen LogP contribution < -0.4 is 4.72 Å². The average Bonchev–Trinajstić information content (AvgIpc) is 3.09. The van der Waals surface area contributed by atoms with Crippen molar-refractivity contribution in [3.8, 4) is 11.5 Å². The second-order valence-corrected chi connectivity index (χ2v) is 8.68. The van der Waals surface area contributed by atoms with Gasteiger partial charge >= 0.3 is 0 Å². The zero-order chi connectivity index (χ0) is 19.0. The molecule has 0 radical (unpaired) electrons. The highest BCUT2D eigenvalue weighted by atomic mass is 79.9. The third kappa shape index (κ3) is 3.61. The molecule has 0 aliphatic heterocycles. The molecule has 27 heavy (non-hydrogen) atoms. The molecule has 4 rings (SSSR count). The minimum Gasteiger partial charge on any atom is -0.436 e. The van der Waals surface area contributed by atoms with E-state index in [1.807, 2.05) is 25.1 Å². The Hall–Kier alpha value is -2.64. The number of aromatic nitrogens is 1. The summed E-state index contributed by atoms with van der Waals surface area (Å²) < 4.78 is 34.7. The van der Waals surface area contributed by atoms with Gasteiger partial charge < -0.3 is 4.42 Å². The first kappa shape index (κ1) is 17.8. The number of fused-ring (bicyclic) bond motifs is 1. The monoisotopic (exact) mass is 442 g/mol. The molecule has 0 saturated carbocycles. The Morgan fingerprint density at radius 1 is 1.00 bits per heavy atom. The maximum absolute atomic E-state index is 12.7. The SMILES string of the molecule is Cc1cccc2oc(-c3cccc(S(=O)(=O)Nc4ccc(Br)cc4)c3)nc12. The lowest BCUT2D eigenvalue weighted by Crippen LogP contribution is -2.12. The minimum atomic E-state index is -3.73. The van der Waals surface area contributed by atoms with Crippen LogP contribution in [0.2, 0.25) is 0 Å². The first-order valence-electron chi connectivity index (χ1n) is 8.17. The molecule has 1 heterocycles. The van der Waals surface area contributed by atoms with Crippen LogP contribution in [0.4, 0.5) is 5.69 Å². The Bertz CT molecular complexity index is 1230. The topological polar surface area (TPSA) is 72.2 Å². The third-order valence-electron chi connectivity index (χ3n) is 4.11. The van der Waals surface area contributed by atoms with Gasteiger partial charge in [-0.3, -0.25) is 4.72 Å². The number of aryl methyl sites for hydroxylation is 1. The van der Waals surface area contributed by atoms with Crippen LogP contribution in [0, 0.1) is 6.92 Å². The van der Waals surface area contributed by atoms with Crippen LogP contribution in [0.25, 0.3) is 22.6 Å². The Labute approximate surface area is 165 Å². The van der Waals surface area contributed by atoms with Gasteiger partial charge in [-0.2, -0.15) is 0 Å². The molecule has 0 aliphatic rings. The van der Waals surface area contributed by atoms with Crippen LogP contribution in [0.5, 0.6) is 0 Å². The number of hydrogen-bond acceptors (Lipinski definition) is 4. The van der Waals surface area contributed by atoms with Crippen LogP contribution in [-0.2, 0) is 10.0 Å². The van der Waals surface area contributed by atoms with Gasteiger partial charge in [0.2, 0.25) is 5.89 Å². The third-order valence-corrected chi connectivity index (χ3v) is 6.02. The van der Waals surface area contributed by atoms with Gasteiger partial charge in [0.15, 0.2) is 5.58 Å². The number of halogens is 1. The number of sulfonamides is 1. The number of nitrogens with one attached hydrogen (secondary N) is 1. The molecule has 3 aromatic carbocycles. The van der Waals surface area contributed by atoms with E-state index < -0.39 is 10.0 Å². The Kier molecular flexibility index (Phi) is 4.49. The highest BCUT2D eigenvalue weighted by Crippen LogP contribution is 2.28. The van der Waals surface area contributed by atoms with Crippen molar-refractivity contribution in [2.75, 3.05) is 4.72 Å². The lowest BCUT2D eigenvalue weighted by Gasteiger charge is -2.09. The molecular weight excluding hydrogens is 428 g/mol. The Balaban J connectivity index is 1.70. The molecule has 0 saturated heterocycles. The first-order valence-corrected chi connectivity index (χ1v) is 10.4. The van der Waals surface area contributed by atoms with Crippen molar-refractivity contribution < 1.29 is 12.8 Å². The summed E-state index contributed by atoms with van der Waals surface area (Å²) in [4.78, 5) is 4.65. The van der Waals surface area contributed by atoms with E-state index in [9.17, 15) is 8.42 Å². The van der Waals surface area contributed by atoms with E-state index in [2.05, 4.69) is 25.6 Å². The molecule has 1 N–H and O–H groups in total. The fourth-order valence-electron chi connectivity index (χ4n) is 2.74. The smallest absolute Gasteiger partial charge is 0.261 e. The van der Waals surface area contributed by atoms with Gasteiger partial charge in [-0.05, 0) is 61.0 Å². The lowest BCUT2D eigenvalue weighted by atomic mass is 10.2. The molecule has 0 atom stereocenters. The van der Waals surface area contributed by atoms with E-state index in [1.165, 1.54) is 0 Å². The molecule has 0 spiro atoms. The van der Waals surface area contributed by atoms with Gasteiger partial charge in [-0.15, -0.1) is 0 Å². The lowest BCUT2D eigenvalue weighted by molar-refractivity contribution is 0.601. The number of nitrogens with zero attached hydrogens (tertiary/aromatic N) is 1. The van der Waals surface area contributed by atoms with Crippen molar-refractivity contribution in [2.24, 2.45) is 0 Å². The summed E-state index contributed by atoms with van der Waals surface area (Å²) in [5.74, 6) is 0.389. The predicted octanol–water partition coefficient (Wildman–Crippen LogP) is 5.37. The molecule has 0 aliphatic carbocycles. The van der Waals surface area contributed by atoms with Crippen LogP contribution in [0.1, 0.15) is 5.56 Å². The van der Waals surface area contributed by atoms with Gasteiger partial charge in [-0.1, -0.05) is 34.1 Å². The molecule has 0 fully saturated rings. The van der Waals surface area contributed by atoms with E-state index in [1.54, 1.807) is 48.5 Å². The zero-order valence-electron chi connectivity index (χ0n) is 14.3. The number of anilines is 1. The average molecular weight is 443 g/mol. The maximum atomic E-state index is 12.7. The summed E-state index contributed by atoms with van der Waals surface area (Å²) in [6, 6.07) is 19.2. The number of hydrogen-bond donors (Lipinski definition) is 1. The summed E-state index contributed by atoms with van der Waals surface area (Å²) in [5, 5.41) is 0. The molecule has 7 heteroatoms. The van der Waals surface area contributed by atoms with E-state index >= 15 is 0 Å². The van der Waals surface area contributed by atoms with Crippen molar-refractivity contribution in [1.29, 1.82) is 0 Å². The molecule has 0 amide bonds. The standard InChI is InChI=1S/C20H15BrN2O3S/c1-13-4-2-7-18-19(13)22-20(26-18)14-5-3-6-17(12-14)27(24,25)23-16-10-8-15(21)9-11-16/h2-12,23H,1H3. The summed E-state index contributed by atoms with van der Waals surface area (Å²) in [5.41, 5.74) is 3.54. The Morgan fingerprint density at radius 3 is 2.48 bits per heavy atom. The fourth-order valence-corrected chi connectivity index (χ4v) is 4.11. The minimum absolute atomic E-state index is 0.141. The molecule has 1 aromatic heterocycles. The molecule has 0 bridgehead atoms. The fraction of sp³-hybridized carbons (Fsp3) is 0.0500. The van der Waals surface area contributed by atoms with Crippen molar-refractivity contribution in [1.82, 2.24) is 4.98 Å². The molecule has 4 aromatic rings. The van der Waals surface area contributed by atoms with Gasteiger partial charge in [0.1, 0.15) is 5.52 Å². The van der Waals surface area contributed by atoms with Gasteiger partial charge in [0.25, 0.3) is 10.0 Å². The summed E-state index contributed by atoms with van der Waals surface area (Å²) >= 11 is 3.33. The second-order valence-electron chi connectivity index (χ2n) is 6.08. The molecule has 0 unspecified atom stereocenters. The van der Waals surface area contributed by atoms with Crippen molar-refractivity contribution >= 4 is 42.7 Å². The number of oxazole rings is 1. The number of rotatable bonds is 4. The van der Waals surface area contributed by atoms with Crippen LogP contribution in [0.15, 0.2) is 80.5 Å². The maximum Gasteiger partial charge on any atom is 0.261 e. The van der Waals surface area contributed by atoms with E-state index in [4.69, 9.17) is 4.42 Å². The normalized spacial score (nSPS) is 11.6. The van der Waals surface area contributed by atoms with E-state index in [0.29, 0.717) is 22.7 Å². The molecule has 5 nitrogen and oxygen atoms in total. The van der Waals surface area contributed by atoms with Gasteiger partial charge in [-0.25, -0.2) is 13.4 Å². The Morgan fingerprint density at radius 2 is 1.74 bits per heavy atom. The van der Waals surface area contributed by atoms with E-state index in [0.717, 1.165) is 15.6 Å². The zero-order valence-corrected chi connectivity index (χ0v) is 16.7. The number of para-hydroxylation sites is 1. The number of benzene rings is 3. The molecule has 136 valence electrons. The second kappa shape index (κ2) is 6.83. The van der Waals surface area contributed by atoms with Crippen LogP contribution in [-0.4, -0.2) is 13.4 Å². The van der Waals surface area contributed by atoms with E-state index in [-0.39, 0.29) is 4.90 Å². The summed E-state index contributed by atoms with van der Waals surface area (Å²) in [7, 11) is -3.73. The van der Waals surface area contributed by atoms with Gasteiger partial charge in [0.05, 0.1) is 4.90 Å². The van der Waals surface area contributed by atoms with Crippen LogP contribution in [0.3, 0.4) is 0 Å². The highest BCUT2D eigenvalue weighted by Gasteiger charge is 2.17. The quantitative estimate of drug-likeness (QED) is 0.461. The predicted molar refractivity (Wildman–Crippen MR) is 109 cm³/mol. The first-order chi connectivity index (χ1) is 12.9. The summed E-state index contributed by atoms with van der Waals surface area (Å²) in [6.45, 7) is 1.96. The highest BCUT2D eigenvalue weighted by molar-refractivity contribution is 9.10.